The molecule has 0 spiro atoms. The minimum Gasteiger partial charge on any atom is -0.322 e. The average molecular weight is 332 g/mol. The summed E-state index contributed by atoms with van der Waals surface area (Å²) in [5, 5.41) is 34.5. The molecule has 11 heteroatoms. The summed E-state index contributed by atoms with van der Waals surface area (Å²) in [4.78, 5) is 41.9. The van der Waals surface area contributed by atoms with E-state index in [2.05, 4.69) is 5.32 Å². The zero-order chi connectivity index (χ0) is 17.9. The molecule has 0 atom stereocenters. The monoisotopic (exact) mass is 332 g/mol. The first-order valence-corrected chi connectivity index (χ1v) is 6.27. The van der Waals surface area contributed by atoms with Crippen LogP contribution in [0.1, 0.15) is 10.4 Å². The van der Waals surface area contributed by atoms with Crippen molar-refractivity contribution in [3.8, 4) is 0 Å². The second-order valence-corrected chi connectivity index (χ2v) is 4.51. The van der Waals surface area contributed by atoms with E-state index in [0.29, 0.717) is 0 Å². The van der Waals surface area contributed by atoms with Gasteiger partial charge in [0, 0.05) is 30.0 Å². The largest absolute Gasteiger partial charge is 0.322 e. The van der Waals surface area contributed by atoms with Gasteiger partial charge in [0.05, 0.1) is 26.4 Å². The summed E-state index contributed by atoms with van der Waals surface area (Å²) in [6.45, 7) is 0. The minimum absolute atomic E-state index is 0.181. The van der Waals surface area contributed by atoms with Crippen LogP contribution in [0.3, 0.4) is 0 Å². The van der Waals surface area contributed by atoms with Crippen LogP contribution in [0.25, 0.3) is 0 Å². The third-order valence-corrected chi connectivity index (χ3v) is 2.92. The fourth-order valence-electron chi connectivity index (χ4n) is 1.81. The normalized spacial score (nSPS) is 10.0. The number of hydrogen-bond donors (Lipinski definition) is 1. The fourth-order valence-corrected chi connectivity index (χ4v) is 1.81. The molecular weight excluding hydrogens is 324 g/mol. The van der Waals surface area contributed by atoms with Gasteiger partial charge in [-0.15, -0.1) is 0 Å². The quantitative estimate of drug-likeness (QED) is 0.650. The van der Waals surface area contributed by atoms with Crippen molar-refractivity contribution in [3.63, 3.8) is 0 Å². The maximum absolute atomic E-state index is 12.1. The zero-order valence-corrected chi connectivity index (χ0v) is 11.7. The third kappa shape index (κ3) is 3.65. The lowest BCUT2D eigenvalue weighted by Crippen LogP contribution is -2.12. The molecule has 0 bridgehead atoms. The Kier molecular flexibility index (Phi) is 4.45. The number of nitro groups is 3. The number of nitrogens with zero attached hydrogens (tertiary/aromatic N) is 3. The first kappa shape index (κ1) is 16.5. The number of anilines is 1. The third-order valence-electron chi connectivity index (χ3n) is 2.92. The fraction of sp³-hybridized carbons (Fsp3) is 0. The van der Waals surface area contributed by atoms with E-state index in [-0.39, 0.29) is 16.9 Å². The van der Waals surface area contributed by atoms with E-state index in [1.807, 2.05) is 0 Å². The molecule has 24 heavy (non-hydrogen) atoms. The summed E-state index contributed by atoms with van der Waals surface area (Å²) in [6, 6.07) is 7.38. The highest BCUT2D eigenvalue weighted by molar-refractivity contribution is 6.05. The van der Waals surface area contributed by atoms with Crippen molar-refractivity contribution in [2.45, 2.75) is 0 Å². The highest BCUT2D eigenvalue weighted by Crippen LogP contribution is 2.24. The highest BCUT2D eigenvalue weighted by Gasteiger charge is 2.20. The molecule has 1 N–H and O–H groups in total. The van der Waals surface area contributed by atoms with Gasteiger partial charge in [-0.25, -0.2) is 0 Å². The lowest BCUT2D eigenvalue weighted by Gasteiger charge is -2.05. The van der Waals surface area contributed by atoms with Crippen LogP contribution in [-0.4, -0.2) is 20.7 Å². The van der Waals surface area contributed by atoms with Gasteiger partial charge in [-0.2, -0.15) is 0 Å². The molecule has 0 saturated carbocycles. The minimum atomic E-state index is -0.852. The summed E-state index contributed by atoms with van der Waals surface area (Å²) < 4.78 is 0. The molecular formula is C13H8N4O7. The number of amides is 1. The number of benzene rings is 2. The number of rotatable bonds is 5. The SMILES string of the molecule is O=C(Nc1ccc([N+](=O)[O-])cc1)c1cc([N+](=O)[O-])cc([N+](=O)[O-])c1. The Balaban J connectivity index is 2.30. The Morgan fingerprint density at radius 2 is 1.21 bits per heavy atom. The van der Waals surface area contributed by atoms with Crippen LogP contribution in [-0.2, 0) is 0 Å². The molecule has 2 aromatic carbocycles. The number of carbonyl (C=O) groups is 1. The first-order chi connectivity index (χ1) is 11.3. The van der Waals surface area contributed by atoms with E-state index < -0.39 is 32.1 Å². The van der Waals surface area contributed by atoms with Crippen LogP contribution in [0.4, 0.5) is 22.7 Å². The van der Waals surface area contributed by atoms with Gasteiger partial charge >= 0.3 is 0 Å². The summed E-state index contributed by atoms with van der Waals surface area (Å²) in [5.74, 6) is -0.823. The van der Waals surface area contributed by atoms with Crippen molar-refractivity contribution < 1.29 is 19.6 Å². The molecule has 1 amide bonds. The van der Waals surface area contributed by atoms with Crippen molar-refractivity contribution in [2.24, 2.45) is 0 Å². The Morgan fingerprint density at radius 3 is 1.62 bits per heavy atom. The lowest BCUT2D eigenvalue weighted by atomic mass is 10.1. The van der Waals surface area contributed by atoms with E-state index in [1.54, 1.807) is 0 Å². The molecule has 11 nitrogen and oxygen atoms in total. The molecule has 0 unspecified atom stereocenters. The Morgan fingerprint density at radius 1 is 0.750 bits per heavy atom. The molecule has 0 aliphatic heterocycles. The number of nitrogens with one attached hydrogen (secondary N) is 1. The van der Waals surface area contributed by atoms with Gasteiger partial charge < -0.3 is 5.32 Å². The van der Waals surface area contributed by atoms with Crippen molar-refractivity contribution in [1.29, 1.82) is 0 Å². The van der Waals surface area contributed by atoms with Crippen LogP contribution in [0, 0.1) is 30.3 Å². The molecule has 122 valence electrons. The van der Waals surface area contributed by atoms with Crippen molar-refractivity contribution in [2.75, 3.05) is 5.32 Å². The lowest BCUT2D eigenvalue weighted by molar-refractivity contribution is -0.394. The molecule has 0 saturated heterocycles. The van der Waals surface area contributed by atoms with Gasteiger partial charge in [0.15, 0.2) is 0 Å². The van der Waals surface area contributed by atoms with Crippen LogP contribution in [0.15, 0.2) is 42.5 Å². The van der Waals surface area contributed by atoms with Gasteiger partial charge in [0.1, 0.15) is 0 Å². The topological polar surface area (TPSA) is 159 Å². The van der Waals surface area contributed by atoms with Gasteiger partial charge in [-0.1, -0.05) is 0 Å². The van der Waals surface area contributed by atoms with Crippen molar-refractivity contribution >= 4 is 28.7 Å². The number of non-ortho nitro benzene ring substituents is 3. The molecule has 0 heterocycles. The first-order valence-electron chi connectivity index (χ1n) is 6.27. The van der Waals surface area contributed by atoms with Crippen LogP contribution in [0.5, 0.6) is 0 Å². The van der Waals surface area contributed by atoms with Crippen LogP contribution >= 0.6 is 0 Å². The van der Waals surface area contributed by atoms with Crippen molar-refractivity contribution in [1.82, 2.24) is 0 Å². The van der Waals surface area contributed by atoms with Gasteiger partial charge in [-0.3, -0.25) is 35.1 Å². The number of carbonyl (C=O) groups excluding carboxylic acids is 1. The van der Waals surface area contributed by atoms with Crippen LogP contribution < -0.4 is 5.32 Å². The smallest absolute Gasteiger partial charge is 0.277 e. The second-order valence-electron chi connectivity index (χ2n) is 4.51. The van der Waals surface area contributed by atoms with Crippen LogP contribution in [0.2, 0.25) is 0 Å². The Bertz CT molecular complexity index is 816. The van der Waals surface area contributed by atoms with Crippen molar-refractivity contribution in [3.05, 3.63) is 78.4 Å². The number of hydrogen-bond acceptors (Lipinski definition) is 7. The van der Waals surface area contributed by atoms with E-state index in [4.69, 9.17) is 0 Å². The maximum Gasteiger partial charge on any atom is 0.277 e. The number of nitro benzene ring substituents is 3. The molecule has 2 aromatic rings. The standard InChI is InChI=1S/C13H8N4O7/c18-13(14-9-1-3-10(4-2-9)15(19)20)8-5-11(16(21)22)7-12(6-8)17(23)24/h1-7H,(H,14,18). The van der Waals surface area contributed by atoms with Gasteiger partial charge in [0.2, 0.25) is 0 Å². The van der Waals surface area contributed by atoms with E-state index in [0.717, 1.165) is 30.3 Å². The van der Waals surface area contributed by atoms with E-state index in [9.17, 15) is 35.1 Å². The molecule has 2 rings (SSSR count). The predicted molar refractivity (Wildman–Crippen MR) is 80.8 cm³/mol. The summed E-state index contributed by atoms with van der Waals surface area (Å²) >= 11 is 0. The summed E-state index contributed by atoms with van der Waals surface area (Å²) in [5.41, 5.74) is -1.47. The van der Waals surface area contributed by atoms with Gasteiger partial charge in [0.25, 0.3) is 23.0 Å². The summed E-state index contributed by atoms with van der Waals surface area (Å²) in [6.07, 6.45) is 0. The highest BCUT2D eigenvalue weighted by atomic mass is 16.6. The van der Waals surface area contributed by atoms with E-state index >= 15 is 0 Å². The molecule has 0 fully saturated rings. The maximum atomic E-state index is 12.1. The Hall–Kier alpha value is -3.89. The molecule has 0 aromatic heterocycles. The predicted octanol–water partition coefficient (Wildman–Crippen LogP) is 2.66. The molecule has 0 aliphatic carbocycles. The zero-order valence-electron chi connectivity index (χ0n) is 11.7. The molecule has 0 radical (unpaired) electrons. The summed E-state index contributed by atoms with van der Waals surface area (Å²) in [7, 11) is 0. The molecule has 0 aliphatic rings. The Labute approximate surface area is 133 Å². The van der Waals surface area contributed by atoms with Gasteiger partial charge in [-0.05, 0) is 12.1 Å². The second kappa shape index (κ2) is 6.48. The average Bonchev–Trinajstić information content (AvgIpc) is 2.54. The van der Waals surface area contributed by atoms with E-state index in [1.165, 1.54) is 12.1 Å².